The van der Waals surface area contributed by atoms with E-state index >= 15 is 0 Å². The third-order valence-corrected chi connectivity index (χ3v) is 9.24. The van der Waals surface area contributed by atoms with E-state index in [0.717, 1.165) is 29.7 Å². The van der Waals surface area contributed by atoms with Crippen LogP contribution in [0.25, 0.3) is 11.4 Å². The average molecular weight is 473 g/mol. The Hall–Kier alpha value is -2.56. The molecule has 1 saturated carbocycles. The summed E-state index contributed by atoms with van der Waals surface area (Å²) < 4.78 is 33.2. The fraction of sp³-hybridized carbons (Fsp3) is 0.409. The largest absolute Gasteiger partial charge is 0.352 e. The minimum atomic E-state index is -3.62. The van der Waals surface area contributed by atoms with Gasteiger partial charge in [0.2, 0.25) is 17.6 Å². The van der Waals surface area contributed by atoms with E-state index in [4.69, 9.17) is 4.52 Å². The van der Waals surface area contributed by atoms with E-state index in [9.17, 15) is 13.2 Å². The van der Waals surface area contributed by atoms with Crippen LogP contribution in [0.1, 0.15) is 43.1 Å². The van der Waals surface area contributed by atoms with Crippen molar-refractivity contribution in [2.45, 2.75) is 42.4 Å². The van der Waals surface area contributed by atoms with E-state index in [1.807, 2.05) is 30.3 Å². The number of benzene rings is 1. The minimum absolute atomic E-state index is 0.0205. The number of carbonyl (C=O) groups excluding carboxylic acids is 1. The van der Waals surface area contributed by atoms with Gasteiger partial charge >= 0.3 is 0 Å². The quantitative estimate of drug-likeness (QED) is 0.565. The highest BCUT2D eigenvalue weighted by atomic mass is 32.2. The van der Waals surface area contributed by atoms with Crippen LogP contribution in [0.2, 0.25) is 0 Å². The Morgan fingerprint density at radius 1 is 1.16 bits per heavy atom. The average Bonchev–Trinajstić information content (AvgIpc) is 3.33. The predicted octanol–water partition coefficient (Wildman–Crippen LogP) is 3.39. The van der Waals surface area contributed by atoms with Gasteiger partial charge < -0.3 is 9.84 Å². The fourth-order valence-corrected chi connectivity index (χ4v) is 6.61. The first-order valence-electron chi connectivity index (χ1n) is 10.7. The molecule has 0 unspecified atom stereocenters. The Balaban J connectivity index is 1.18. The molecule has 2 fully saturated rings. The molecule has 3 aromatic rings. The van der Waals surface area contributed by atoms with Crippen LogP contribution in [0.5, 0.6) is 0 Å². The number of aromatic nitrogens is 2. The molecular weight excluding hydrogens is 448 g/mol. The molecule has 10 heteroatoms. The zero-order valence-electron chi connectivity index (χ0n) is 17.4. The molecule has 0 atom stereocenters. The van der Waals surface area contributed by atoms with Crippen LogP contribution in [0.4, 0.5) is 0 Å². The van der Waals surface area contributed by atoms with Gasteiger partial charge in [-0.25, -0.2) is 8.42 Å². The highest BCUT2D eigenvalue weighted by Crippen LogP contribution is 2.40. The van der Waals surface area contributed by atoms with Crippen molar-refractivity contribution in [3.63, 3.8) is 0 Å². The van der Waals surface area contributed by atoms with E-state index < -0.39 is 10.0 Å². The third kappa shape index (κ3) is 4.48. The molecule has 1 saturated heterocycles. The molecule has 5 rings (SSSR count). The predicted molar refractivity (Wildman–Crippen MR) is 119 cm³/mol. The molecule has 2 aliphatic rings. The maximum absolute atomic E-state index is 13.1. The summed E-state index contributed by atoms with van der Waals surface area (Å²) in [6.45, 7) is 1.13. The van der Waals surface area contributed by atoms with Crippen LogP contribution >= 0.6 is 11.3 Å². The van der Waals surface area contributed by atoms with Gasteiger partial charge in [0, 0.05) is 42.4 Å². The first-order valence-corrected chi connectivity index (χ1v) is 13.1. The summed E-state index contributed by atoms with van der Waals surface area (Å²) in [5, 5.41) is 8.70. The molecule has 0 radical (unpaired) electrons. The van der Waals surface area contributed by atoms with Crippen molar-refractivity contribution in [2.75, 3.05) is 13.1 Å². The topological polar surface area (TPSA) is 105 Å². The fourth-order valence-electron chi connectivity index (χ4n) is 3.83. The first-order chi connectivity index (χ1) is 15.5. The van der Waals surface area contributed by atoms with Crippen LogP contribution in [-0.4, -0.2) is 41.9 Å². The van der Waals surface area contributed by atoms with Crippen LogP contribution in [0.3, 0.4) is 0 Å². The number of amides is 1. The molecule has 2 aromatic heterocycles. The second-order valence-electron chi connectivity index (χ2n) is 8.27. The van der Waals surface area contributed by atoms with E-state index in [1.165, 1.54) is 4.31 Å². The van der Waals surface area contributed by atoms with E-state index in [1.54, 1.807) is 11.4 Å². The van der Waals surface area contributed by atoms with Crippen molar-refractivity contribution in [2.24, 2.45) is 5.92 Å². The lowest BCUT2D eigenvalue weighted by Crippen LogP contribution is -2.42. The summed E-state index contributed by atoms with van der Waals surface area (Å²) in [4.78, 5) is 16.9. The lowest BCUT2D eigenvalue weighted by atomic mass is 9.97. The Bertz CT molecular complexity index is 1190. The van der Waals surface area contributed by atoms with Gasteiger partial charge in [0.25, 0.3) is 10.0 Å². The number of carbonyl (C=O) groups is 1. The smallest absolute Gasteiger partial charge is 0.252 e. The number of sulfonamides is 1. The van der Waals surface area contributed by atoms with Gasteiger partial charge in [0.1, 0.15) is 4.21 Å². The number of thiophene rings is 1. The molecule has 1 N–H and O–H groups in total. The summed E-state index contributed by atoms with van der Waals surface area (Å²) in [7, 11) is -3.62. The molecular formula is C22H24N4O4S2. The molecule has 1 amide bonds. The lowest BCUT2D eigenvalue weighted by molar-refractivity contribution is -0.126. The number of nitrogens with one attached hydrogen (secondary N) is 1. The number of hydrogen-bond acceptors (Lipinski definition) is 7. The Morgan fingerprint density at radius 2 is 1.91 bits per heavy atom. The summed E-state index contributed by atoms with van der Waals surface area (Å²) >= 11 is 1.16. The second kappa shape index (κ2) is 8.76. The van der Waals surface area contributed by atoms with Crippen LogP contribution in [-0.2, 0) is 21.4 Å². The molecule has 0 bridgehead atoms. The number of rotatable bonds is 7. The molecule has 168 valence electrons. The molecule has 1 aliphatic carbocycles. The van der Waals surface area contributed by atoms with Crippen molar-refractivity contribution in [3.05, 3.63) is 53.2 Å². The van der Waals surface area contributed by atoms with Crippen molar-refractivity contribution in [1.82, 2.24) is 19.8 Å². The maximum atomic E-state index is 13.1. The Morgan fingerprint density at radius 3 is 2.62 bits per heavy atom. The SMILES string of the molecule is O=C(NCc1ccccc1)C1CCN(S(=O)(=O)c2cc(-c3noc(C4CC4)n3)cs2)CC1. The molecule has 32 heavy (non-hydrogen) atoms. The summed E-state index contributed by atoms with van der Waals surface area (Å²) in [5.41, 5.74) is 1.69. The summed E-state index contributed by atoms with van der Waals surface area (Å²) in [6.07, 6.45) is 3.14. The molecule has 1 aliphatic heterocycles. The summed E-state index contributed by atoms with van der Waals surface area (Å²) in [6, 6.07) is 11.3. The summed E-state index contributed by atoms with van der Waals surface area (Å²) in [5.74, 6) is 1.21. The highest BCUT2D eigenvalue weighted by molar-refractivity contribution is 7.91. The molecule has 3 heterocycles. The molecule has 8 nitrogen and oxygen atoms in total. The number of hydrogen-bond donors (Lipinski definition) is 1. The first kappa shape index (κ1) is 21.3. The van der Waals surface area contributed by atoms with Gasteiger partial charge in [0.05, 0.1) is 0 Å². The second-order valence-corrected chi connectivity index (χ2v) is 11.3. The number of piperidine rings is 1. The van der Waals surface area contributed by atoms with E-state index in [-0.39, 0.29) is 16.0 Å². The maximum Gasteiger partial charge on any atom is 0.252 e. The van der Waals surface area contributed by atoms with E-state index in [0.29, 0.717) is 55.7 Å². The van der Waals surface area contributed by atoms with E-state index in [2.05, 4.69) is 15.5 Å². The molecule has 1 aromatic carbocycles. The van der Waals surface area contributed by atoms with Crippen molar-refractivity contribution >= 4 is 27.3 Å². The van der Waals surface area contributed by atoms with Crippen molar-refractivity contribution < 1.29 is 17.7 Å². The van der Waals surface area contributed by atoms with Crippen molar-refractivity contribution in [3.8, 4) is 11.4 Å². The van der Waals surface area contributed by atoms with Crippen molar-refractivity contribution in [1.29, 1.82) is 0 Å². The van der Waals surface area contributed by atoms with Crippen LogP contribution < -0.4 is 5.32 Å². The van der Waals surface area contributed by atoms with Gasteiger partial charge in [-0.15, -0.1) is 11.3 Å². The molecule has 0 spiro atoms. The van der Waals surface area contributed by atoms with Gasteiger partial charge in [-0.05, 0) is 37.3 Å². The van der Waals surface area contributed by atoms with Crippen LogP contribution in [0, 0.1) is 5.92 Å². The lowest BCUT2D eigenvalue weighted by Gasteiger charge is -2.30. The number of nitrogens with zero attached hydrogens (tertiary/aromatic N) is 3. The zero-order chi connectivity index (χ0) is 22.1. The van der Waals surface area contributed by atoms with Crippen LogP contribution in [0.15, 0.2) is 50.5 Å². The normalized spacial score (nSPS) is 18.0. The highest BCUT2D eigenvalue weighted by Gasteiger charge is 2.34. The minimum Gasteiger partial charge on any atom is -0.352 e. The Labute approximate surface area is 190 Å². The van der Waals surface area contributed by atoms with Gasteiger partial charge in [0.15, 0.2) is 0 Å². The third-order valence-electron chi connectivity index (χ3n) is 5.93. The standard InChI is InChI=1S/C22H24N4O4S2/c27-21(23-13-15-4-2-1-3-5-15)16-8-10-26(11-9-16)32(28,29)19-12-18(14-31-19)20-24-22(30-25-20)17-6-7-17/h1-5,12,14,16-17H,6-11,13H2,(H,23,27). The Kier molecular flexibility index (Phi) is 5.83. The monoisotopic (exact) mass is 472 g/mol. The van der Waals surface area contributed by atoms with Gasteiger partial charge in [-0.1, -0.05) is 35.5 Å². The van der Waals surface area contributed by atoms with Gasteiger partial charge in [-0.2, -0.15) is 9.29 Å². The van der Waals surface area contributed by atoms with Gasteiger partial charge in [-0.3, -0.25) is 4.79 Å². The zero-order valence-corrected chi connectivity index (χ0v) is 19.1.